The van der Waals surface area contributed by atoms with Crippen molar-refractivity contribution >= 4 is 30.4 Å². The van der Waals surface area contributed by atoms with Crippen molar-refractivity contribution in [2.24, 2.45) is 0 Å². The van der Waals surface area contributed by atoms with E-state index in [9.17, 15) is 19.2 Å². The van der Waals surface area contributed by atoms with E-state index in [1.165, 1.54) is 12.3 Å². The topological polar surface area (TPSA) is 148 Å². The zero-order valence-electron chi connectivity index (χ0n) is 30.6. The molecule has 11 nitrogen and oxygen atoms in total. The summed E-state index contributed by atoms with van der Waals surface area (Å²) in [7, 11) is 1.64. The third-order valence-electron chi connectivity index (χ3n) is 7.57. The highest BCUT2D eigenvalue weighted by Gasteiger charge is 2.12. The third kappa shape index (κ3) is 19.0. The Labute approximate surface area is 312 Å². The van der Waals surface area contributed by atoms with Gasteiger partial charge in [0, 0.05) is 36.6 Å². The Bertz CT molecular complexity index is 1570. The molecule has 3 aromatic carbocycles. The van der Waals surface area contributed by atoms with Crippen LogP contribution in [0.3, 0.4) is 0 Å². The van der Waals surface area contributed by atoms with Crippen LogP contribution in [0.4, 0.5) is 0 Å². The van der Waals surface area contributed by atoms with Gasteiger partial charge in [-0.3, -0.25) is 4.79 Å². The maximum atomic E-state index is 12.5. The molecule has 0 spiro atoms. The van der Waals surface area contributed by atoms with Gasteiger partial charge in [0.05, 0.1) is 38.6 Å². The van der Waals surface area contributed by atoms with Crippen LogP contribution in [-0.4, -0.2) is 70.6 Å². The molecule has 0 heterocycles. The van der Waals surface area contributed by atoms with Crippen molar-refractivity contribution in [2.45, 2.75) is 57.8 Å². The first-order valence-corrected chi connectivity index (χ1v) is 17.7. The molecular formula is C42H51NO10. The Hall–Kier alpha value is -5.55. The largest absolute Gasteiger partial charge is 0.494 e. The first-order chi connectivity index (χ1) is 25.8. The molecule has 3 aromatic rings. The zero-order chi connectivity index (χ0) is 38.5. The lowest BCUT2D eigenvalue weighted by Gasteiger charge is -2.10. The van der Waals surface area contributed by atoms with Crippen molar-refractivity contribution in [3.05, 3.63) is 114 Å². The number of hydrogen-bond acceptors (Lipinski definition) is 11. The minimum atomic E-state index is -0.494. The van der Waals surface area contributed by atoms with Gasteiger partial charge in [-0.15, -0.1) is 0 Å². The van der Waals surface area contributed by atoms with E-state index in [1.807, 2.05) is 12.1 Å². The summed E-state index contributed by atoms with van der Waals surface area (Å²) in [5.41, 5.74) is 2.59. The van der Waals surface area contributed by atoms with Crippen LogP contribution in [-0.2, 0) is 30.2 Å². The molecule has 53 heavy (non-hydrogen) atoms. The number of carbonyl (C=O) groups is 4. The first kappa shape index (κ1) is 43.6. The lowest BCUT2D eigenvalue weighted by molar-refractivity contribution is -0.138. The van der Waals surface area contributed by atoms with Crippen molar-refractivity contribution in [2.75, 3.05) is 40.1 Å². The molecule has 0 unspecified atom stereocenters. The fraction of sp³-hybridized carbons (Fsp3) is 0.357. The third-order valence-corrected chi connectivity index (χ3v) is 7.57. The predicted octanol–water partition coefficient (Wildman–Crippen LogP) is 7.93. The van der Waals surface area contributed by atoms with Crippen molar-refractivity contribution in [3.8, 4) is 17.2 Å². The maximum absolute atomic E-state index is 12.5. The number of esters is 3. The van der Waals surface area contributed by atoms with E-state index in [-0.39, 0.29) is 5.97 Å². The molecule has 0 atom stereocenters. The molecular weight excluding hydrogens is 678 g/mol. The molecule has 0 amide bonds. The summed E-state index contributed by atoms with van der Waals surface area (Å²) in [6, 6.07) is 19.2. The van der Waals surface area contributed by atoms with Crippen LogP contribution >= 0.6 is 0 Å². The molecule has 0 aromatic heterocycles. The number of ether oxygens (including phenoxy) is 6. The fourth-order valence-corrected chi connectivity index (χ4v) is 4.63. The molecule has 0 aliphatic rings. The highest BCUT2D eigenvalue weighted by Crippen LogP contribution is 2.21. The average Bonchev–Trinajstić information content (AvgIpc) is 3.19. The summed E-state index contributed by atoms with van der Waals surface area (Å²) in [6.07, 6.45) is 12.5. The highest BCUT2D eigenvalue weighted by atomic mass is 16.5. The van der Waals surface area contributed by atoms with Gasteiger partial charge < -0.3 is 33.8 Å². The van der Waals surface area contributed by atoms with Gasteiger partial charge in [-0.2, -0.15) is 0 Å². The SMILES string of the molecule is C=CC(=O)OCCCCCCOc1ccc(C(=O)Oc2ccc(CCOC)cc2C=N)cc1.C=CC(=O)OCCCCCCOc1ccc(C=O)cc1. The number of aldehydes is 1. The van der Waals surface area contributed by atoms with Gasteiger partial charge in [-0.1, -0.05) is 19.2 Å². The lowest BCUT2D eigenvalue weighted by Crippen LogP contribution is -2.10. The number of rotatable bonds is 25. The summed E-state index contributed by atoms with van der Waals surface area (Å²) >= 11 is 0. The number of methoxy groups -OCH3 is 1. The zero-order valence-corrected chi connectivity index (χ0v) is 30.6. The quantitative estimate of drug-likeness (QED) is 0.0228. The van der Waals surface area contributed by atoms with E-state index in [1.54, 1.807) is 61.7 Å². The van der Waals surface area contributed by atoms with Crippen LogP contribution in [0.5, 0.6) is 17.2 Å². The van der Waals surface area contributed by atoms with Crippen molar-refractivity contribution in [3.63, 3.8) is 0 Å². The molecule has 0 aliphatic carbocycles. The van der Waals surface area contributed by atoms with Crippen LogP contribution in [0, 0.1) is 5.41 Å². The van der Waals surface area contributed by atoms with Gasteiger partial charge >= 0.3 is 17.9 Å². The number of benzene rings is 3. The minimum Gasteiger partial charge on any atom is -0.494 e. The smallest absolute Gasteiger partial charge is 0.343 e. The predicted molar refractivity (Wildman–Crippen MR) is 203 cm³/mol. The van der Waals surface area contributed by atoms with Crippen molar-refractivity contribution < 1.29 is 47.6 Å². The second kappa shape index (κ2) is 27.1. The van der Waals surface area contributed by atoms with E-state index in [2.05, 4.69) is 13.2 Å². The standard InChI is InChI=1S/C26H31NO6.C16H20O4/c1-3-25(28)32-16-7-5-4-6-15-31-23-11-9-21(10-12-23)26(29)33-24-13-8-20(14-17-30-2)18-22(24)19-27;1-2-16(18)20-12-6-4-3-5-11-19-15-9-7-14(13-17)8-10-15/h3,8-13,18-19,27H,1,4-7,14-17H2,2H3;2,7-10,13H,1,3-6,11-12H2. The Kier molecular flexibility index (Phi) is 22.3. The molecule has 0 aliphatic heterocycles. The summed E-state index contributed by atoms with van der Waals surface area (Å²) in [5, 5.41) is 7.60. The monoisotopic (exact) mass is 729 g/mol. The fourth-order valence-electron chi connectivity index (χ4n) is 4.63. The van der Waals surface area contributed by atoms with E-state index in [0.29, 0.717) is 61.2 Å². The van der Waals surface area contributed by atoms with Crippen molar-refractivity contribution in [1.82, 2.24) is 0 Å². The second-order valence-electron chi connectivity index (χ2n) is 11.6. The molecule has 284 valence electrons. The van der Waals surface area contributed by atoms with Crippen LogP contribution < -0.4 is 14.2 Å². The summed E-state index contributed by atoms with van der Waals surface area (Å²) < 4.78 is 31.6. The van der Waals surface area contributed by atoms with Crippen LogP contribution in [0.1, 0.15) is 83.2 Å². The van der Waals surface area contributed by atoms with Gasteiger partial charge in [-0.05, 0) is 124 Å². The van der Waals surface area contributed by atoms with E-state index < -0.39 is 11.9 Å². The summed E-state index contributed by atoms with van der Waals surface area (Å²) in [4.78, 5) is 44.7. The number of unbranched alkanes of at least 4 members (excludes halogenated alkanes) is 6. The Morgan fingerprint density at radius 2 is 1.17 bits per heavy atom. The van der Waals surface area contributed by atoms with Gasteiger partial charge in [-0.25, -0.2) is 14.4 Å². The van der Waals surface area contributed by atoms with Crippen LogP contribution in [0.2, 0.25) is 0 Å². The number of hydrogen-bond donors (Lipinski definition) is 1. The Morgan fingerprint density at radius 3 is 1.64 bits per heavy atom. The van der Waals surface area contributed by atoms with Gasteiger partial charge in [0.2, 0.25) is 0 Å². The van der Waals surface area contributed by atoms with Crippen LogP contribution in [0.25, 0.3) is 0 Å². The maximum Gasteiger partial charge on any atom is 0.343 e. The molecule has 1 N–H and O–H groups in total. The van der Waals surface area contributed by atoms with Crippen LogP contribution in [0.15, 0.2) is 92.0 Å². The molecule has 3 rings (SSSR count). The van der Waals surface area contributed by atoms with Crippen molar-refractivity contribution in [1.29, 1.82) is 5.41 Å². The summed E-state index contributed by atoms with van der Waals surface area (Å²) in [6.45, 7) is 9.32. The number of nitrogens with one attached hydrogen (secondary N) is 1. The molecule has 0 saturated heterocycles. The van der Waals surface area contributed by atoms with Gasteiger partial charge in [0.1, 0.15) is 23.5 Å². The molecule has 0 fully saturated rings. The Balaban J connectivity index is 0.000000415. The normalized spacial score (nSPS) is 10.1. The molecule has 0 radical (unpaired) electrons. The summed E-state index contributed by atoms with van der Waals surface area (Å²) in [5.74, 6) is 0.538. The Morgan fingerprint density at radius 1 is 0.660 bits per heavy atom. The number of carbonyl (C=O) groups excluding carboxylic acids is 4. The van der Waals surface area contributed by atoms with Gasteiger partial charge in [0.15, 0.2) is 0 Å². The minimum absolute atomic E-state index is 0.343. The van der Waals surface area contributed by atoms with E-state index in [0.717, 1.165) is 81.5 Å². The highest BCUT2D eigenvalue weighted by molar-refractivity contribution is 5.93. The average molecular weight is 730 g/mol. The van der Waals surface area contributed by atoms with Gasteiger partial charge in [0.25, 0.3) is 0 Å². The van der Waals surface area contributed by atoms with E-state index in [4.69, 9.17) is 33.8 Å². The molecule has 0 bridgehead atoms. The lowest BCUT2D eigenvalue weighted by atomic mass is 10.1. The molecule has 0 saturated carbocycles. The van der Waals surface area contributed by atoms with E-state index >= 15 is 0 Å². The first-order valence-electron chi connectivity index (χ1n) is 17.7. The molecule has 11 heteroatoms. The second-order valence-corrected chi connectivity index (χ2v) is 11.6.